The Morgan fingerprint density at radius 2 is 1.93 bits per heavy atom. The molecule has 0 unspecified atom stereocenters. The molecule has 1 N–H and O–H groups in total. The van der Waals surface area contributed by atoms with Gasteiger partial charge in [-0.15, -0.1) is 0 Å². The second kappa shape index (κ2) is 9.28. The zero-order chi connectivity index (χ0) is 20.0. The van der Waals surface area contributed by atoms with Crippen molar-refractivity contribution < 1.29 is 18.1 Å². The Balaban J connectivity index is 1.93. The van der Waals surface area contributed by atoms with E-state index in [1.807, 2.05) is 30.0 Å². The van der Waals surface area contributed by atoms with E-state index in [2.05, 4.69) is 0 Å². The normalized spacial score (nSPS) is 15.8. The van der Waals surface area contributed by atoms with Crippen LogP contribution < -0.4 is 9.64 Å². The van der Waals surface area contributed by atoms with E-state index in [-0.39, 0.29) is 9.80 Å². The maximum absolute atomic E-state index is 12.8. The van der Waals surface area contributed by atoms with Crippen molar-refractivity contribution in [3.05, 3.63) is 64.6 Å². The third-order valence-corrected chi connectivity index (χ3v) is 7.36. The average molecular weight is 416 g/mol. The van der Waals surface area contributed by atoms with Gasteiger partial charge in [0.25, 0.3) is 0 Å². The average Bonchev–Trinajstić information content (AvgIpc) is 2.73. The predicted octanol–water partition coefficient (Wildman–Crippen LogP) is 2.17. The first kappa shape index (κ1) is 20.5. The number of nitriles is 1. The van der Waals surface area contributed by atoms with E-state index in [4.69, 9.17) is 4.74 Å². The standard InChI is InChI=1S/C21H22N2O3S2/c1-26-21-8-7-17(13-18(21)16-23-9-11-27-12-10-23)14-20(15-22)28(24,25)19-5-3-2-4-6-19/h2-8,13-14H,9-12,16H2,1H3/p+1/b20-14-. The third kappa shape index (κ3) is 4.76. The minimum atomic E-state index is -3.84. The number of sulfone groups is 1. The number of hydrogen-bond donors (Lipinski definition) is 1. The van der Waals surface area contributed by atoms with Gasteiger partial charge in [-0.25, -0.2) is 8.42 Å². The maximum Gasteiger partial charge on any atom is 0.216 e. The van der Waals surface area contributed by atoms with E-state index < -0.39 is 9.84 Å². The van der Waals surface area contributed by atoms with Crippen LogP contribution in [0.15, 0.2) is 58.3 Å². The number of hydrogen-bond acceptors (Lipinski definition) is 5. The van der Waals surface area contributed by atoms with E-state index in [0.717, 1.165) is 42.5 Å². The fourth-order valence-corrected chi connectivity index (χ4v) is 5.43. The summed E-state index contributed by atoms with van der Waals surface area (Å²) >= 11 is 1.97. The van der Waals surface area contributed by atoms with Crippen LogP contribution in [0.3, 0.4) is 0 Å². The summed E-state index contributed by atoms with van der Waals surface area (Å²) in [5.41, 5.74) is 1.70. The molecule has 1 fully saturated rings. The molecule has 28 heavy (non-hydrogen) atoms. The van der Waals surface area contributed by atoms with Gasteiger partial charge in [-0.2, -0.15) is 17.0 Å². The SMILES string of the molecule is COc1ccc(/C=C(/C#N)S(=O)(=O)c2ccccc2)cc1C[NH+]1CCSCC1. The molecule has 0 atom stereocenters. The first-order valence-corrected chi connectivity index (χ1v) is 11.7. The monoisotopic (exact) mass is 415 g/mol. The lowest BCUT2D eigenvalue weighted by Gasteiger charge is -2.24. The number of allylic oxidation sites excluding steroid dienone is 1. The number of methoxy groups -OCH3 is 1. The lowest BCUT2D eigenvalue weighted by molar-refractivity contribution is -0.910. The van der Waals surface area contributed by atoms with Crippen LogP contribution in [0.5, 0.6) is 5.75 Å². The van der Waals surface area contributed by atoms with Crippen LogP contribution in [0.1, 0.15) is 11.1 Å². The summed E-state index contributed by atoms with van der Waals surface area (Å²) in [5, 5.41) is 9.49. The van der Waals surface area contributed by atoms with Crippen molar-refractivity contribution in [2.24, 2.45) is 0 Å². The number of rotatable bonds is 6. The van der Waals surface area contributed by atoms with Gasteiger partial charge in [-0.05, 0) is 35.9 Å². The molecule has 1 aliphatic rings. The molecular formula is C21H23N2O3S2+. The van der Waals surface area contributed by atoms with Gasteiger partial charge < -0.3 is 9.64 Å². The van der Waals surface area contributed by atoms with Gasteiger partial charge in [-0.1, -0.05) is 24.3 Å². The first-order valence-electron chi connectivity index (χ1n) is 9.05. The Hall–Kier alpha value is -2.27. The minimum absolute atomic E-state index is 0.117. The lowest BCUT2D eigenvalue weighted by Crippen LogP contribution is -3.12. The number of nitrogens with zero attached hydrogens (tertiary/aromatic N) is 1. The summed E-state index contributed by atoms with van der Waals surface area (Å²) in [6.45, 7) is 3.01. The molecule has 0 aromatic heterocycles. The highest BCUT2D eigenvalue weighted by Gasteiger charge is 2.21. The molecule has 2 aromatic rings. The van der Waals surface area contributed by atoms with E-state index >= 15 is 0 Å². The number of quaternary nitrogens is 1. The summed E-state index contributed by atoms with van der Waals surface area (Å²) in [6.07, 6.45) is 1.44. The second-order valence-electron chi connectivity index (χ2n) is 6.55. The molecule has 0 spiro atoms. The van der Waals surface area contributed by atoms with Gasteiger partial charge in [0.15, 0.2) is 0 Å². The van der Waals surface area contributed by atoms with Gasteiger partial charge in [0.1, 0.15) is 23.3 Å². The molecule has 2 aromatic carbocycles. The largest absolute Gasteiger partial charge is 0.496 e. The van der Waals surface area contributed by atoms with Crippen LogP contribution in [-0.4, -0.2) is 40.1 Å². The van der Waals surface area contributed by atoms with Crippen molar-refractivity contribution in [1.29, 1.82) is 5.26 Å². The second-order valence-corrected chi connectivity index (χ2v) is 9.69. The molecular weight excluding hydrogens is 392 g/mol. The fourth-order valence-electron chi connectivity index (χ4n) is 3.18. The van der Waals surface area contributed by atoms with Crippen molar-refractivity contribution in [2.75, 3.05) is 31.7 Å². The first-order chi connectivity index (χ1) is 13.5. The summed E-state index contributed by atoms with van der Waals surface area (Å²) < 4.78 is 31.0. The summed E-state index contributed by atoms with van der Waals surface area (Å²) in [4.78, 5) is 1.33. The Labute approximate surface area is 170 Å². The van der Waals surface area contributed by atoms with Crippen molar-refractivity contribution in [2.45, 2.75) is 11.4 Å². The van der Waals surface area contributed by atoms with E-state index in [0.29, 0.717) is 5.56 Å². The van der Waals surface area contributed by atoms with Gasteiger partial charge in [0.2, 0.25) is 9.84 Å². The molecule has 1 saturated heterocycles. The zero-order valence-electron chi connectivity index (χ0n) is 15.7. The molecule has 146 valence electrons. The molecule has 1 aliphatic heterocycles. The van der Waals surface area contributed by atoms with Crippen LogP contribution in [0.25, 0.3) is 6.08 Å². The summed E-state index contributed by atoms with van der Waals surface area (Å²) in [7, 11) is -2.21. The Kier molecular flexibility index (Phi) is 6.79. The lowest BCUT2D eigenvalue weighted by atomic mass is 10.1. The van der Waals surface area contributed by atoms with Crippen molar-refractivity contribution >= 4 is 27.7 Å². The molecule has 3 rings (SSSR count). The van der Waals surface area contributed by atoms with Crippen LogP contribution in [0, 0.1) is 11.3 Å². The van der Waals surface area contributed by atoms with E-state index in [1.54, 1.807) is 31.4 Å². The van der Waals surface area contributed by atoms with Crippen LogP contribution >= 0.6 is 11.8 Å². The van der Waals surface area contributed by atoms with Crippen molar-refractivity contribution in [1.82, 2.24) is 0 Å². The molecule has 0 bridgehead atoms. The Morgan fingerprint density at radius 1 is 1.21 bits per heavy atom. The number of nitrogens with one attached hydrogen (secondary N) is 1. The smallest absolute Gasteiger partial charge is 0.216 e. The minimum Gasteiger partial charge on any atom is -0.496 e. The van der Waals surface area contributed by atoms with Gasteiger partial charge in [0, 0.05) is 17.1 Å². The Bertz CT molecular complexity index is 990. The highest BCUT2D eigenvalue weighted by molar-refractivity contribution is 7.99. The van der Waals surface area contributed by atoms with Gasteiger partial charge in [0.05, 0.1) is 25.1 Å². The molecule has 5 nitrogen and oxygen atoms in total. The predicted molar refractivity (Wildman–Crippen MR) is 112 cm³/mol. The number of ether oxygens (including phenoxy) is 1. The van der Waals surface area contributed by atoms with Crippen molar-refractivity contribution in [3.8, 4) is 11.8 Å². The van der Waals surface area contributed by atoms with Crippen LogP contribution in [0.2, 0.25) is 0 Å². The highest BCUT2D eigenvalue weighted by atomic mass is 32.2. The van der Waals surface area contributed by atoms with E-state index in [9.17, 15) is 13.7 Å². The van der Waals surface area contributed by atoms with Crippen molar-refractivity contribution in [3.63, 3.8) is 0 Å². The number of benzene rings is 2. The van der Waals surface area contributed by atoms with Crippen LogP contribution in [0.4, 0.5) is 0 Å². The van der Waals surface area contributed by atoms with Gasteiger partial charge in [-0.3, -0.25) is 0 Å². The van der Waals surface area contributed by atoms with E-state index in [1.165, 1.54) is 23.1 Å². The number of thioether (sulfide) groups is 1. The molecule has 7 heteroatoms. The molecule has 1 heterocycles. The summed E-state index contributed by atoms with van der Waals surface area (Å²) in [6, 6.07) is 15.4. The molecule has 0 radical (unpaired) electrons. The third-order valence-electron chi connectivity index (χ3n) is 4.70. The molecule has 0 amide bonds. The maximum atomic E-state index is 12.8. The fraction of sp³-hybridized carbons (Fsp3) is 0.286. The molecule has 0 saturated carbocycles. The summed E-state index contributed by atoms with van der Waals surface area (Å²) in [5.74, 6) is 3.07. The Morgan fingerprint density at radius 3 is 2.57 bits per heavy atom. The quantitative estimate of drug-likeness (QED) is 0.732. The van der Waals surface area contributed by atoms with Crippen LogP contribution in [-0.2, 0) is 16.4 Å². The molecule has 0 aliphatic carbocycles. The van der Waals surface area contributed by atoms with Gasteiger partial charge >= 0.3 is 0 Å². The highest BCUT2D eigenvalue weighted by Crippen LogP contribution is 2.24. The zero-order valence-corrected chi connectivity index (χ0v) is 17.4. The topological polar surface area (TPSA) is 71.6 Å².